The van der Waals surface area contributed by atoms with Gasteiger partial charge >= 0.3 is 0 Å². The number of Topliss-reactive ketones (excluding diaryl/α,β-unsaturated/α-hetero) is 1. The van der Waals surface area contributed by atoms with Crippen LogP contribution in [-0.2, 0) is 0 Å². The second-order valence-corrected chi connectivity index (χ2v) is 13.6. The molecule has 14 heteroatoms. The Hall–Kier alpha value is -4.85. The van der Waals surface area contributed by atoms with Crippen molar-refractivity contribution in [2.45, 2.75) is 34.8 Å². The maximum absolute atomic E-state index is 12.9. The van der Waals surface area contributed by atoms with Gasteiger partial charge in [-0.3, -0.25) is 23.5 Å². The molecule has 0 aliphatic rings. The van der Waals surface area contributed by atoms with Gasteiger partial charge in [0.25, 0.3) is 11.1 Å². The van der Waals surface area contributed by atoms with Gasteiger partial charge in [0.15, 0.2) is 5.78 Å². The summed E-state index contributed by atoms with van der Waals surface area (Å²) in [5.41, 5.74) is 3.36. The fourth-order valence-corrected chi connectivity index (χ4v) is 7.71. The Bertz CT molecular complexity index is 2650. The topological polar surface area (TPSA) is 133 Å². The normalized spacial score (nSPS) is 11.5. The minimum atomic E-state index is -0.659. The van der Waals surface area contributed by atoms with Crippen LogP contribution in [0, 0.1) is 0 Å². The molecule has 0 fully saturated rings. The maximum atomic E-state index is 12.9. The zero-order chi connectivity index (χ0) is 33.7. The summed E-state index contributed by atoms with van der Waals surface area (Å²) < 4.78 is 3.93. The maximum Gasteiger partial charge on any atom is 0.275 e. The van der Waals surface area contributed by atoms with Gasteiger partial charge in [-0.25, -0.2) is 19.9 Å². The highest BCUT2D eigenvalue weighted by Crippen LogP contribution is 2.34. The smallest absolute Gasteiger partial charge is 0.275 e. The second-order valence-electron chi connectivity index (χ2n) is 10.7. The van der Waals surface area contributed by atoms with Crippen molar-refractivity contribution in [2.75, 3.05) is 0 Å². The number of hydrogen-bond acceptors (Lipinski definition) is 10. The number of fused-ring (bicyclic) bond motifs is 6. The lowest BCUT2D eigenvalue weighted by molar-refractivity contribution is 0.101. The summed E-state index contributed by atoms with van der Waals surface area (Å²) in [4.78, 5) is 56.4. The lowest BCUT2D eigenvalue weighted by atomic mass is 10.1. The highest BCUT2D eigenvalue weighted by Gasteiger charge is 2.19. The number of aliphatic hydroxyl groups is 1. The van der Waals surface area contributed by atoms with E-state index >= 15 is 0 Å². The molecule has 0 bridgehead atoms. The molecule has 50 heavy (non-hydrogen) atoms. The third kappa shape index (κ3) is 6.43. The number of hydrogen-bond donors (Lipinski definition) is 1. The number of benzene rings is 2. The molecular formula is C36H30Cl2N6O4S2. The van der Waals surface area contributed by atoms with E-state index < -0.39 is 6.10 Å². The fourth-order valence-electron chi connectivity index (χ4n) is 5.34. The van der Waals surface area contributed by atoms with E-state index in [2.05, 4.69) is 19.9 Å². The van der Waals surface area contributed by atoms with Gasteiger partial charge < -0.3 is 5.11 Å². The molecule has 254 valence electrons. The van der Waals surface area contributed by atoms with Crippen LogP contribution in [0.5, 0.6) is 0 Å². The minimum absolute atomic E-state index is 0. The summed E-state index contributed by atoms with van der Waals surface area (Å²) >= 11 is 14.3. The summed E-state index contributed by atoms with van der Waals surface area (Å²) in [5.74, 6) is -0.0780. The third-order valence-electron chi connectivity index (χ3n) is 7.64. The summed E-state index contributed by atoms with van der Waals surface area (Å²) in [6.07, 6.45) is 5.52. The molecule has 0 aliphatic heterocycles. The Balaban J connectivity index is 0.000000187. The predicted octanol–water partition coefficient (Wildman–Crippen LogP) is 8.83. The number of aromatic nitrogens is 6. The monoisotopic (exact) mass is 744 g/mol. The molecule has 10 nitrogen and oxygen atoms in total. The van der Waals surface area contributed by atoms with E-state index in [-0.39, 0.29) is 31.8 Å². The van der Waals surface area contributed by atoms with Crippen molar-refractivity contribution in [2.24, 2.45) is 0 Å². The minimum Gasteiger partial charge on any atom is -0.389 e. The summed E-state index contributed by atoms with van der Waals surface area (Å²) in [6.45, 7) is 3.18. The molecule has 0 spiro atoms. The van der Waals surface area contributed by atoms with Gasteiger partial charge in [-0.1, -0.05) is 38.1 Å². The molecular weight excluding hydrogens is 715 g/mol. The van der Waals surface area contributed by atoms with Crippen molar-refractivity contribution < 1.29 is 9.90 Å². The number of carbonyl (C=O) groups is 1. The van der Waals surface area contributed by atoms with Gasteiger partial charge in [-0.05, 0) is 80.1 Å². The van der Waals surface area contributed by atoms with Crippen LogP contribution in [0.3, 0.4) is 0 Å². The lowest BCUT2D eigenvalue weighted by Gasteiger charge is -2.07. The van der Waals surface area contributed by atoms with Gasteiger partial charge in [0.1, 0.15) is 31.7 Å². The van der Waals surface area contributed by atoms with E-state index in [0.29, 0.717) is 62.5 Å². The molecule has 2 aromatic carbocycles. The first-order chi connectivity index (χ1) is 23.1. The zero-order valence-corrected chi connectivity index (χ0v) is 28.2. The molecule has 1 N–H and O–H groups in total. The number of aliphatic hydroxyl groups excluding tert-OH is 1. The first-order valence-corrected chi connectivity index (χ1v) is 16.8. The van der Waals surface area contributed by atoms with E-state index in [0.717, 1.165) is 10.9 Å². The van der Waals surface area contributed by atoms with E-state index in [1.54, 1.807) is 80.0 Å². The molecule has 6 aromatic heterocycles. The highest BCUT2D eigenvalue weighted by atomic mass is 35.5. The molecule has 8 aromatic rings. The Morgan fingerprint density at radius 1 is 0.700 bits per heavy atom. The van der Waals surface area contributed by atoms with Crippen LogP contribution >= 0.6 is 45.9 Å². The molecule has 6 heterocycles. The SMILES string of the molecule is C.C.CC(=O)c1ccnc2sc3c(=O)n(-c4ccc(Cl)cc4)cnc3c12.CC(O)c1ccnc2sc3c(=O)n(-c4ccc(Cl)cc4)cnc3c12. The lowest BCUT2D eigenvalue weighted by Crippen LogP contribution is -2.17. The number of thiophene rings is 2. The van der Waals surface area contributed by atoms with Crippen LogP contribution in [0.15, 0.2) is 95.3 Å². The van der Waals surface area contributed by atoms with Crippen molar-refractivity contribution >= 4 is 92.5 Å². The standard InChI is InChI=1S/C17H12ClN3O2S.C17H10ClN3O2S.2CH4/c2*1-9(22)12-6-7-19-16-13(12)14-15(24-16)17(23)21(8-20-14)11-4-2-10(18)3-5-11;;/h2-9,22H,1H3;2-8H,1H3;2*1H4. The third-order valence-corrected chi connectivity index (χ3v) is 10.3. The number of pyridine rings is 2. The first-order valence-electron chi connectivity index (χ1n) is 14.4. The molecule has 0 saturated carbocycles. The number of nitrogens with zero attached hydrogens (tertiary/aromatic N) is 6. The Kier molecular flexibility index (Phi) is 10.6. The average molecular weight is 746 g/mol. The molecule has 0 amide bonds. The summed E-state index contributed by atoms with van der Waals surface area (Å²) in [7, 11) is 0. The Morgan fingerprint density at radius 3 is 1.60 bits per heavy atom. The van der Waals surface area contributed by atoms with Crippen LogP contribution in [0.25, 0.3) is 52.2 Å². The quantitative estimate of drug-likeness (QED) is 0.177. The Morgan fingerprint density at radius 2 is 1.14 bits per heavy atom. The van der Waals surface area contributed by atoms with Crippen molar-refractivity contribution in [3.8, 4) is 11.4 Å². The van der Waals surface area contributed by atoms with Gasteiger partial charge in [0.05, 0.1) is 28.5 Å². The summed E-state index contributed by atoms with van der Waals surface area (Å²) in [6, 6.07) is 17.3. The molecule has 0 saturated heterocycles. The van der Waals surface area contributed by atoms with E-state index in [1.807, 2.05) is 0 Å². The second kappa shape index (κ2) is 14.6. The Labute approximate surface area is 303 Å². The largest absolute Gasteiger partial charge is 0.389 e. The molecule has 1 atom stereocenters. The van der Waals surface area contributed by atoms with Crippen molar-refractivity contribution in [1.82, 2.24) is 29.1 Å². The van der Waals surface area contributed by atoms with Gasteiger partial charge in [0.2, 0.25) is 0 Å². The van der Waals surface area contributed by atoms with Crippen molar-refractivity contribution in [3.63, 3.8) is 0 Å². The number of rotatable bonds is 4. The number of halogens is 2. The number of carbonyl (C=O) groups excluding carboxylic acids is 1. The van der Waals surface area contributed by atoms with Crippen LogP contribution < -0.4 is 11.1 Å². The van der Waals surface area contributed by atoms with Crippen LogP contribution in [0.1, 0.15) is 50.7 Å². The highest BCUT2D eigenvalue weighted by molar-refractivity contribution is 7.25. The van der Waals surface area contributed by atoms with Crippen molar-refractivity contribution in [1.29, 1.82) is 0 Å². The van der Waals surface area contributed by atoms with Gasteiger partial charge in [-0.15, -0.1) is 22.7 Å². The van der Waals surface area contributed by atoms with Gasteiger partial charge in [0, 0.05) is 38.8 Å². The average Bonchev–Trinajstić information content (AvgIpc) is 3.66. The molecule has 0 radical (unpaired) electrons. The molecule has 8 rings (SSSR count). The van der Waals surface area contributed by atoms with Gasteiger partial charge in [-0.2, -0.15) is 0 Å². The van der Waals surface area contributed by atoms with Crippen LogP contribution in [0.2, 0.25) is 10.0 Å². The van der Waals surface area contributed by atoms with Crippen molar-refractivity contribution in [3.05, 3.63) is 128 Å². The van der Waals surface area contributed by atoms with Crippen LogP contribution in [-0.4, -0.2) is 40.0 Å². The predicted molar refractivity (Wildman–Crippen MR) is 205 cm³/mol. The zero-order valence-electron chi connectivity index (χ0n) is 25.1. The fraction of sp³-hybridized carbons (Fsp3) is 0.139. The van der Waals surface area contributed by atoms with E-state index in [9.17, 15) is 19.5 Å². The van der Waals surface area contributed by atoms with E-state index in [4.69, 9.17) is 23.2 Å². The molecule has 0 aliphatic carbocycles. The molecule has 1 unspecified atom stereocenters. The summed E-state index contributed by atoms with van der Waals surface area (Å²) in [5, 5.41) is 12.6. The van der Waals surface area contributed by atoms with E-state index in [1.165, 1.54) is 51.4 Å². The number of ketones is 1. The first kappa shape index (κ1) is 36.4. The van der Waals surface area contributed by atoms with Crippen LogP contribution in [0.4, 0.5) is 0 Å².